The lowest BCUT2D eigenvalue weighted by Crippen LogP contribution is -2.14. The van der Waals surface area contributed by atoms with Gasteiger partial charge < -0.3 is 5.11 Å². The molecule has 2 rings (SSSR count). The number of aromatic nitrogens is 1. The summed E-state index contributed by atoms with van der Waals surface area (Å²) in [5.41, 5.74) is 1.10. The highest BCUT2D eigenvalue weighted by molar-refractivity contribution is 9.10. The number of hydrogen-bond donors (Lipinski definition) is 1. The van der Waals surface area contributed by atoms with Crippen molar-refractivity contribution >= 4 is 27.3 Å². The van der Waals surface area contributed by atoms with Crippen LogP contribution in [0.15, 0.2) is 34.1 Å². The minimum absolute atomic E-state index is 0.738. The third-order valence-electron chi connectivity index (χ3n) is 2.15. The van der Waals surface area contributed by atoms with Crippen molar-refractivity contribution in [3.05, 3.63) is 39.1 Å². The van der Waals surface area contributed by atoms with Crippen LogP contribution in [0.3, 0.4) is 0 Å². The van der Waals surface area contributed by atoms with Crippen molar-refractivity contribution in [3.8, 4) is 11.3 Å². The molecule has 0 radical (unpaired) electrons. The number of halogens is 1. The van der Waals surface area contributed by atoms with E-state index in [1.54, 1.807) is 13.8 Å². The number of benzene rings is 1. The average molecular weight is 298 g/mol. The molecule has 0 bridgehead atoms. The Labute approximate surface area is 107 Å². The van der Waals surface area contributed by atoms with Crippen LogP contribution in [-0.4, -0.2) is 10.1 Å². The van der Waals surface area contributed by atoms with Crippen LogP contribution in [0.25, 0.3) is 11.3 Å². The molecule has 4 heteroatoms. The third kappa shape index (κ3) is 2.51. The summed E-state index contributed by atoms with van der Waals surface area (Å²) in [6.45, 7) is 3.49. The third-order valence-corrected chi connectivity index (χ3v) is 3.80. The molecule has 0 aliphatic carbocycles. The Morgan fingerprint density at radius 1 is 1.38 bits per heavy atom. The lowest BCUT2D eigenvalue weighted by molar-refractivity contribution is 0.0783. The Morgan fingerprint density at radius 2 is 2.12 bits per heavy atom. The van der Waals surface area contributed by atoms with E-state index in [4.69, 9.17) is 0 Å². The number of hydrogen-bond acceptors (Lipinski definition) is 3. The van der Waals surface area contributed by atoms with Gasteiger partial charge >= 0.3 is 0 Å². The second-order valence-electron chi connectivity index (χ2n) is 4.11. The molecular formula is C12H12BrNOS. The summed E-state index contributed by atoms with van der Waals surface area (Å²) in [7, 11) is 0. The molecule has 0 saturated carbocycles. The highest BCUT2D eigenvalue weighted by Gasteiger charge is 2.20. The van der Waals surface area contributed by atoms with Crippen LogP contribution < -0.4 is 0 Å². The Bertz CT molecular complexity index is 502. The molecule has 16 heavy (non-hydrogen) atoms. The van der Waals surface area contributed by atoms with Crippen LogP contribution in [0.1, 0.15) is 18.9 Å². The maximum absolute atomic E-state index is 9.84. The molecular weight excluding hydrogens is 286 g/mol. The SMILES string of the molecule is CC(C)(O)c1nc(-c2cccc(Br)c2)cs1. The smallest absolute Gasteiger partial charge is 0.124 e. The Kier molecular flexibility index (Phi) is 3.15. The van der Waals surface area contributed by atoms with Gasteiger partial charge in [-0.2, -0.15) is 0 Å². The van der Waals surface area contributed by atoms with E-state index in [0.717, 1.165) is 20.7 Å². The minimum atomic E-state index is -0.866. The molecule has 0 fully saturated rings. The molecule has 0 spiro atoms. The van der Waals surface area contributed by atoms with Crippen LogP contribution in [-0.2, 0) is 5.60 Å². The van der Waals surface area contributed by atoms with E-state index in [0.29, 0.717) is 0 Å². The second-order valence-corrected chi connectivity index (χ2v) is 5.88. The van der Waals surface area contributed by atoms with E-state index >= 15 is 0 Å². The van der Waals surface area contributed by atoms with Gasteiger partial charge in [-0.15, -0.1) is 11.3 Å². The van der Waals surface area contributed by atoms with Crippen LogP contribution in [0.2, 0.25) is 0 Å². The largest absolute Gasteiger partial charge is 0.383 e. The fourth-order valence-corrected chi connectivity index (χ4v) is 2.59. The van der Waals surface area contributed by atoms with Crippen LogP contribution in [0.5, 0.6) is 0 Å². The summed E-state index contributed by atoms with van der Waals surface area (Å²) < 4.78 is 1.03. The molecule has 0 aliphatic heterocycles. The minimum Gasteiger partial charge on any atom is -0.383 e. The van der Waals surface area contributed by atoms with Crippen molar-refractivity contribution in [2.24, 2.45) is 0 Å². The van der Waals surface area contributed by atoms with Gasteiger partial charge in [0.05, 0.1) is 5.69 Å². The monoisotopic (exact) mass is 297 g/mol. The van der Waals surface area contributed by atoms with Crippen LogP contribution in [0, 0.1) is 0 Å². The number of nitrogens with zero attached hydrogens (tertiary/aromatic N) is 1. The Balaban J connectivity index is 2.39. The van der Waals surface area contributed by atoms with Crippen LogP contribution >= 0.6 is 27.3 Å². The fraction of sp³-hybridized carbons (Fsp3) is 0.250. The summed E-state index contributed by atoms with van der Waals surface area (Å²) in [5, 5.41) is 12.5. The molecule has 0 saturated heterocycles. The van der Waals surface area contributed by atoms with Gasteiger partial charge in [0.1, 0.15) is 10.6 Å². The highest BCUT2D eigenvalue weighted by atomic mass is 79.9. The summed E-state index contributed by atoms with van der Waals surface area (Å²) in [4.78, 5) is 4.44. The summed E-state index contributed by atoms with van der Waals surface area (Å²) >= 11 is 4.91. The van der Waals surface area contributed by atoms with E-state index in [1.165, 1.54) is 11.3 Å². The first-order valence-corrected chi connectivity index (χ1v) is 6.58. The van der Waals surface area contributed by atoms with Gasteiger partial charge in [-0.05, 0) is 26.0 Å². The van der Waals surface area contributed by atoms with Gasteiger partial charge in [-0.3, -0.25) is 0 Å². The zero-order valence-electron chi connectivity index (χ0n) is 9.07. The molecule has 1 aromatic carbocycles. The van der Waals surface area contributed by atoms with Gasteiger partial charge in [0.25, 0.3) is 0 Å². The first-order chi connectivity index (χ1) is 7.47. The molecule has 84 valence electrons. The predicted molar refractivity (Wildman–Crippen MR) is 70.5 cm³/mol. The summed E-state index contributed by atoms with van der Waals surface area (Å²) in [6, 6.07) is 7.98. The van der Waals surface area contributed by atoms with Crippen molar-refractivity contribution in [2.75, 3.05) is 0 Å². The number of thiazole rings is 1. The van der Waals surface area contributed by atoms with E-state index in [2.05, 4.69) is 20.9 Å². The molecule has 1 aromatic heterocycles. The van der Waals surface area contributed by atoms with Gasteiger partial charge in [-0.25, -0.2) is 4.98 Å². The molecule has 1 heterocycles. The quantitative estimate of drug-likeness (QED) is 0.914. The lowest BCUT2D eigenvalue weighted by Gasteiger charge is -2.12. The molecule has 1 N–H and O–H groups in total. The Hall–Kier alpha value is -0.710. The summed E-state index contributed by atoms with van der Waals surface area (Å²) in [6.07, 6.45) is 0. The summed E-state index contributed by atoms with van der Waals surface area (Å²) in [5.74, 6) is 0. The molecule has 0 aliphatic rings. The second kappa shape index (κ2) is 4.28. The zero-order valence-corrected chi connectivity index (χ0v) is 11.5. The van der Waals surface area contributed by atoms with E-state index in [1.807, 2.05) is 29.6 Å². The maximum atomic E-state index is 9.84. The van der Waals surface area contributed by atoms with Gasteiger partial charge in [0, 0.05) is 15.4 Å². The zero-order chi connectivity index (χ0) is 11.8. The fourth-order valence-electron chi connectivity index (χ4n) is 1.34. The predicted octanol–water partition coefficient (Wildman–Crippen LogP) is 3.80. The molecule has 0 atom stereocenters. The van der Waals surface area contributed by atoms with Gasteiger partial charge in [-0.1, -0.05) is 28.1 Å². The van der Waals surface area contributed by atoms with Crippen molar-refractivity contribution in [1.82, 2.24) is 4.98 Å². The first-order valence-electron chi connectivity index (χ1n) is 4.91. The van der Waals surface area contributed by atoms with Gasteiger partial charge in [0.15, 0.2) is 0 Å². The van der Waals surface area contributed by atoms with E-state index in [-0.39, 0.29) is 0 Å². The number of aliphatic hydroxyl groups is 1. The van der Waals surface area contributed by atoms with E-state index in [9.17, 15) is 5.11 Å². The maximum Gasteiger partial charge on any atom is 0.124 e. The van der Waals surface area contributed by atoms with Crippen molar-refractivity contribution < 1.29 is 5.11 Å². The average Bonchev–Trinajstić information content (AvgIpc) is 2.65. The Morgan fingerprint density at radius 3 is 2.69 bits per heavy atom. The lowest BCUT2D eigenvalue weighted by atomic mass is 10.1. The van der Waals surface area contributed by atoms with Crippen LogP contribution in [0.4, 0.5) is 0 Å². The topological polar surface area (TPSA) is 33.1 Å². The number of rotatable bonds is 2. The normalized spacial score (nSPS) is 11.8. The highest BCUT2D eigenvalue weighted by Crippen LogP contribution is 2.29. The van der Waals surface area contributed by atoms with Crippen molar-refractivity contribution in [3.63, 3.8) is 0 Å². The van der Waals surface area contributed by atoms with E-state index < -0.39 is 5.60 Å². The molecule has 0 unspecified atom stereocenters. The molecule has 0 amide bonds. The van der Waals surface area contributed by atoms with Crippen molar-refractivity contribution in [1.29, 1.82) is 0 Å². The van der Waals surface area contributed by atoms with Gasteiger partial charge in [0.2, 0.25) is 0 Å². The standard InChI is InChI=1S/C12H12BrNOS/c1-12(2,15)11-14-10(7-16-11)8-4-3-5-9(13)6-8/h3-7,15H,1-2H3. The molecule has 2 aromatic rings. The molecule has 2 nitrogen and oxygen atoms in total. The van der Waals surface area contributed by atoms with Crippen molar-refractivity contribution in [2.45, 2.75) is 19.4 Å². The first kappa shape index (κ1) is 11.8.